The maximum atomic E-state index is 13.3. The molecule has 1 aromatic heterocycles. The van der Waals surface area contributed by atoms with E-state index in [1.54, 1.807) is 4.90 Å². The normalized spacial score (nSPS) is 22.1. The van der Waals surface area contributed by atoms with Crippen molar-refractivity contribution in [3.8, 4) is 0 Å². The number of likely N-dealkylation sites (tertiary alicyclic amines) is 1. The molecule has 4 heterocycles. The molecule has 3 aliphatic heterocycles. The van der Waals surface area contributed by atoms with Gasteiger partial charge in [0.15, 0.2) is 5.82 Å². The first-order valence-corrected chi connectivity index (χ1v) is 10.9. The summed E-state index contributed by atoms with van der Waals surface area (Å²) in [6.45, 7) is 2.46. The van der Waals surface area contributed by atoms with Gasteiger partial charge < -0.3 is 14.4 Å². The number of hydrogen-bond acceptors (Lipinski definition) is 4. The number of hydrogen-bond donors (Lipinski definition) is 0. The highest BCUT2D eigenvalue weighted by Gasteiger charge is 2.35. The fourth-order valence-electron chi connectivity index (χ4n) is 4.90. The number of benzene rings is 1. The van der Waals surface area contributed by atoms with Crippen LogP contribution in [0.1, 0.15) is 73.0 Å². The lowest BCUT2D eigenvalue weighted by molar-refractivity contribution is -0.117. The van der Waals surface area contributed by atoms with Crippen LogP contribution in [0.2, 0.25) is 0 Å². The summed E-state index contributed by atoms with van der Waals surface area (Å²) in [4.78, 5) is 29.0. The molecular formula is C22H27N5O2. The third-order valence-electron chi connectivity index (χ3n) is 6.45. The summed E-state index contributed by atoms with van der Waals surface area (Å²) < 4.78 is 2.26. The number of rotatable bonds is 3. The van der Waals surface area contributed by atoms with Crippen LogP contribution in [0.3, 0.4) is 0 Å². The Morgan fingerprint density at radius 1 is 0.897 bits per heavy atom. The molecule has 0 saturated carbocycles. The predicted molar refractivity (Wildman–Crippen MR) is 109 cm³/mol. The van der Waals surface area contributed by atoms with Gasteiger partial charge in [-0.1, -0.05) is 6.42 Å². The van der Waals surface area contributed by atoms with Crippen molar-refractivity contribution in [2.24, 2.45) is 0 Å². The predicted octanol–water partition coefficient (Wildman–Crippen LogP) is 3.11. The van der Waals surface area contributed by atoms with Crippen LogP contribution in [0.5, 0.6) is 0 Å². The minimum atomic E-state index is 0.00156. The molecule has 0 spiro atoms. The van der Waals surface area contributed by atoms with Crippen LogP contribution in [0, 0.1) is 0 Å². The zero-order chi connectivity index (χ0) is 19.8. The van der Waals surface area contributed by atoms with Crippen molar-refractivity contribution in [2.45, 2.75) is 64.0 Å². The van der Waals surface area contributed by atoms with Gasteiger partial charge in [-0.05, 0) is 56.4 Å². The standard InChI is InChI=1S/C22H27N5O2/c28-20-8-5-14-25(20)17-11-9-16(10-12-17)22(29)26-15-4-6-18(26)21-24-23-19-7-2-1-3-13-27(19)21/h9-12,18H,1-8,13-15H2/t18-/m1/s1. The molecule has 2 saturated heterocycles. The van der Waals surface area contributed by atoms with E-state index in [1.807, 2.05) is 29.2 Å². The summed E-state index contributed by atoms with van der Waals surface area (Å²) in [5.41, 5.74) is 1.55. The Hall–Kier alpha value is -2.70. The summed E-state index contributed by atoms with van der Waals surface area (Å²) in [5.74, 6) is 2.22. The minimum Gasteiger partial charge on any atom is -0.328 e. The topological polar surface area (TPSA) is 71.3 Å². The van der Waals surface area contributed by atoms with E-state index in [0.29, 0.717) is 12.0 Å². The Morgan fingerprint density at radius 2 is 1.76 bits per heavy atom. The van der Waals surface area contributed by atoms with Crippen molar-refractivity contribution < 1.29 is 9.59 Å². The maximum Gasteiger partial charge on any atom is 0.254 e. The van der Waals surface area contributed by atoms with Gasteiger partial charge in [-0.15, -0.1) is 10.2 Å². The average Bonchev–Trinajstić information content (AvgIpc) is 3.44. The third kappa shape index (κ3) is 3.32. The summed E-state index contributed by atoms with van der Waals surface area (Å²) in [6.07, 6.45) is 7.94. The van der Waals surface area contributed by atoms with Crippen molar-refractivity contribution in [1.82, 2.24) is 19.7 Å². The number of carbonyl (C=O) groups excluding carboxylic acids is 2. The minimum absolute atomic E-state index is 0.00156. The van der Waals surface area contributed by atoms with Gasteiger partial charge in [-0.25, -0.2) is 0 Å². The van der Waals surface area contributed by atoms with E-state index in [4.69, 9.17) is 0 Å². The van der Waals surface area contributed by atoms with Gasteiger partial charge in [0.1, 0.15) is 5.82 Å². The van der Waals surface area contributed by atoms with E-state index in [1.165, 1.54) is 6.42 Å². The fourth-order valence-corrected chi connectivity index (χ4v) is 4.90. The average molecular weight is 393 g/mol. The van der Waals surface area contributed by atoms with Crippen molar-refractivity contribution in [3.05, 3.63) is 41.5 Å². The molecule has 7 heteroatoms. The second kappa shape index (κ2) is 7.61. The van der Waals surface area contributed by atoms with Crippen molar-refractivity contribution in [1.29, 1.82) is 0 Å². The Labute approximate surface area is 170 Å². The summed E-state index contributed by atoms with van der Waals surface area (Å²) >= 11 is 0. The maximum absolute atomic E-state index is 13.3. The highest BCUT2D eigenvalue weighted by molar-refractivity contribution is 5.97. The highest BCUT2D eigenvalue weighted by atomic mass is 16.2. The quantitative estimate of drug-likeness (QED) is 0.803. The lowest BCUT2D eigenvalue weighted by Crippen LogP contribution is -2.32. The van der Waals surface area contributed by atoms with Gasteiger partial charge in [0, 0.05) is 43.7 Å². The highest BCUT2D eigenvalue weighted by Crippen LogP contribution is 2.34. The van der Waals surface area contributed by atoms with Crippen LogP contribution in [-0.2, 0) is 17.8 Å². The number of nitrogens with zero attached hydrogens (tertiary/aromatic N) is 5. The number of fused-ring (bicyclic) bond motifs is 1. The van der Waals surface area contributed by atoms with Crippen LogP contribution in [0.4, 0.5) is 5.69 Å². The first-order chi connectivity index (χ1) is 14.2. The number of anilines is 1. The Kier molecular flexibility index (Phi) is 4.81. The molecule has 2 amide bonds. The molecule has 5 rings (SSSR count). The largest absolute Gasteiger partial charge is 0.328 e. The van der Waals surface area contributed by atoms with Gasteiger partial charge in [0.05, 0.1) is 6.04 Å². The van der Waals surface area contributed by atoms with Crippen molar-refractivity contribution in [3.63, 3.8) is 0 Å². The number of aromatic nitrogens is 3. The first-order valence-electron chi connectivity index (χ1n) is 10.9. The molecule has 0 aliphatic carbocycles. The van der Waals surface area contributed by atoms with Crippen LogP contribution in [-0.4, -0.2) is 44.6 Å². The lowest BCUT2D eigenvalue weighted by Gasteiger charge is -2.25. The molecule has 152 valence electrons. The van der Waals surface area contributed by atoms with Gasteiger partial charge in [0.2, 0.25) is 5.91 Å². The van der Waals surface area contributed by atoms with Crippen LogP contribution in [0.15, 0.2) is 24.3 Å². The van der Waals surface area contributed by atoms with Crippen molar-refractivity contribution >= 4 is 17.5 Å². The Bertz CT molecular complexity index is 920. The summed E-state index contributed by atoms with van der Waals surface area (Å²) in [5, 5.41) is 8.93. The monoisotopic (exact) mass is 393 g/mol. The zero-order valence-corrected chi connectivity index (χ0v) is 16.7. The molecular weight excluding hydrogens is 366 g/mol. The van der Waals surface area contributed by atoms with Crippen LogP contribution in [0.25, 0.3) is 0 Å². The van der Waals surface area contributed by atoms with Crippen LogP contribution >= 0.6 is 0 Å². The summed E-state index contributed by atoms with van der Waals surface area (Å²) in [6, 6.07) is 7.49. The van der Waals surface area contributed by atoms with E-state index >= 15 is 0 Å². The van der Waals surface area contributed by atoms with Gasteiger partial charge >= 0.3 is 0 Å². The molecule has 2 aromatic rings. The molecule has 0 radical (unpaired) electrons. The molecule has 1 atom stereocenters. The van der Waals surface area contributed by atoms with E-state index in [2.05, 4.69) is 14.8 Å². The Morgan fingerprint density at radius 3 is 2.55 bits per heavy atom. The molecule has 0 N–H and O–H groups in total. The number of amides is 2. The van der Waals surface area contributed by atoms with E-state index in [-0.39, 0.29) is 17.9 Å². The first kappa shape index (κ1) is 18.3. The molecule has 1 aromatic carbocycles. The molecule has 2 fully saturated rings. The SMILES string of the molecule is O=C1CCCN1c1ccc(C(=O)N2CCC[C@@H]2c2nnc3n2CCCCC3)cc1. The lowest BCUT2D eigenvalue weighted by atomic mass is 10.1. The molecule has 29 heavy (non-hydrogen) atoms. The van der Waals surface area contributed by atoms with Crippen molar-refractivity contribution in [2.75, 3.05) is 18.0 Å². The summed E-state index contributed by atoms with van der Waals surface area (Å²) in [7, 11) is 0. The van der Waals surface area contributed by atoms with E-state index < -0.39 is 0 Å². The van der Waals surface area contributed by atoms with Gasteiger partial charge in [-0.2, -0.15) is 0 Å². The van der Waals surface area contributed by atoms with Crippen LogP contribution < -0.4 is 4.90 Å². The Balaban J connectivity index is 1.37. The smallest absolute Gasteiger partial charge is 0.254 e. The van der Waals surface area contributed by atoms with Gasteiger partial charge in [0.25, 0.3) is 5.91 Å². The second-order valence-corrected chi connectivity index (χ2v) is 8.29. The molecule has 0 unspecified atom stereocenters. The van der Waals surface area contributed by atoms with Gasteiger partial charge in [-0.3, -0.25) is 9.59 Å². The third-order valence-corrected chi connectivity index (χ3v) is 6.45. The number of aryl methyl sites for hydroxylation is 1. The second-order valence-electron chi connectivity index (χ2n) is 8.29. The van der Waals surface area contributed by atoms with E-state index in [9.17, 15) is 9.59 Å². The molecule has 0 bridgehead atoms. The number of carbonyl (C=O) groups is 2. The molecule has 7 nitrogen and oxygen atoms in total. The molecule has 3 aliphatic rings. The zero-order valence-electron chi connectivity index (χ0n) is 16.7. The fraction of sp³-hybridized carbons (Fsp3) is 0.545. The van der Waals surface area contributed by atoms with E-state index in [0.717, 1.165) is 75.5 Å².